The van der Waals surface area contributed by atoms with Crippen LogP contribution in [-0.4, -0.2) is 43.7 Å². The van der Waals surface area contributed by atoms with Gasteiger partial charge in [-0.2, -0.15) is 4.98 Å². The molecular weight excluding hydrogens is 505 g/mol. The molecule has 0 bridgehead atoms. The molecule has 204 valence electrons. The Labute approximate surface area is 233 Å². The quantitative estimate of drug-likeness (QED) is 0.236. The molecule has 0 amide bonds. The number of rotatable bonds is 8. The van der Waals surface area contributed by atoms with Crippen molar-refractivity contribution in [2.24, 2.45) is 5.73 Å². The summed E-state index contributed by atoms with van der Waals surface area (Å²) in [6.45, 7) is 0.650. The molecule has 1 aliphatic carbocycles. The van der Waals surface area contributed by atoms with E-state index in [4.69, 9.17) is 10.7 Å². The molecular formula is C31H32FN7O. The Bertz CT molecular complexity index is 1470. The number of hydrogen-bond acceptors (Lipinski definition) is 8. The fourth-order valence-electron chi connectivity index (χ4n) is 4.57. The lowest BCUT2D eigenvalue weighted by Gasteiger charge is -2.27. The molecule has 0 aliphatic heterocycles. The maximum Gasteiger partial charge on any atom is 0.229 e. The van der Waals surface area contributed by atoms with E-state index in [1.807, 2.05) is 36.5 Å². The third-order valence-electron chi connectivity index (χ3n) is 6.79. The second-order valence-corrected chi connectivity index (χ2v) is 9.86. The number of aromatic nitrogens is 4. The van der Waals surface area contributed by atoms with E-state index in [2.05, 4.69) is 43.5 Å². The zero-order chi connectivity index (χ0) is 27.7. The Balaban J connectivity index is 1.34. The van der Waals surface area contributed by atoms with Crippen molar-refractivity contribution in [3.05, 3.63) is 89.8 Å². The average Bonchev–Trinajstić information content (AvgIpc) is 2.97. The number of hydrogen-bond donors (Lipinski definition) is 4. The predicted molar refractivity (Wildman–Crippen MR) is 154 cm³/mol. The fraction of sp³-hybridized carbons (Fsp3) is 0.290. The molecule has 4 aromatic rings. The van der Waals surface area contributed by atoms with Gasteiger partial charge in [-0.05, 0) is 93.0 Å². The lowest BCUT2D eigenvalue weighted by atomic mass is 9.93. The number of nitrogens with one attached hydrogen (secondary N) is 2. The number of nitrogens with zero attached hydrogens (tertiary/aromatic N) is 4. The number of aryl methyl sites for hydroxylation is 1. The summed E-state index contributed by atoms with van der Waals surface area (Å²) in [5.74, 6) is 6.65. The van der Waals surface area contributed by atoms with E-state index in [0.717, 1.165) is 66.6 Å². The first-order valence-corrected chi connectivity index (χ1v) is 13.5. The minimum Gasteiger partial charge on any atom is -0.393 e. The number of halogens is 1. The van der Waals surface area contributed by atoms with E-state index in [1.165, 1.54) is 18.3 Å². The van der Waals surface area contributed by atoms with Crippen LogP contribution in [0.5, 0.6) is 0 Å². The molecule has 3 heterocycles. The van der Waals surface area contributed by atoms with Crippen LogP contribution >= 0.6 is 0 Å². The van der Waals surface area contributed by atoms with Crippen molar-refractivity contribution < 1.29 is 9.50 Å². The van der Waals surface area contributed by atoms with Crippen LogP contribution in [0, 0.1) is 17.7 Å². The average molecular weight is 538 g/mol. The summed E-state index contributed by atoms with van der Waals surface area (Å²) < 4.78 is 13.4. The lowest BCUT2D eigenvalue weighted by Crippen LogP contribution is -2.29. The molecule has 0 radical (unpaired) electrons. The molecule has 0 atom stereocenters. The van der Waals surface area contributed by atoms with E-state index in [9.17, 15) is 9.50 Å². The molecule has 1 fully saturated rings. The van der Waals surface area contributed by atoms with Gasteiger partial charge < -0.3 is 21.5 Å². The first kappa shape index (κ1) is 27.2. The van der Waals surface area contributed by atoms with Crippen molar-refractivity contribution in [2.75, 3.05) is 17.2 Å². The van der Waals surface area contributed by atoms with Gasteiger partial charge >= 0.3 is 0 Å². The van der Waals surface area contributed by atoms with Gasteiger partial charge in [0.15, 0.2) is 0 Å². The van der Waals surface area contributed by atoms with Gasteiger partial charge in [-0.1, -0.05) is 12.0 Å². The van der Waals surface area contributed by atoms with E-state index in [-0.39, 0.29) is 18.0 Å². The Hall–Kier alpha value is -4.39. The van der Waals surface area contributed by atoms with Crippen LogP contribution in [0.1, 0.15) is 48.9 Å². The van der Waals surface area contributed by atoms with Crippen LogP contribution < -0.4 is 16.4 Å². The van der Waals surface area contributed by atoms with Crippen molar-refractivity contribution in [3.8, 4) is 23.1 Å². The molecule has 40 heavy (non-hydrogen) atoms. The van der Waals surface area contributed by atoms with Gasteiger partial charge in [-0.15, -0.1) is 0 Å². The van der Waals surface area contributed by atoms with Gasteiger partial charge in [0.1, 0.15) is 17.3 Å². The number of aliphatic hydroxyl groups excluding tert-OH is 1. The molecule has 1 aromatic carbocycles. The highest BCUT2D eigenvalue weighted by atomic mass is 19.1. The molecule has 8 nitrogen and oxygen atoms in total. The molecule has 9 heteroatoms. The summed E-state index contributed by atoms with van der Waals surface area (Å²) in [6.07, 6.45) is 9.90. The smallest absolute Gasteiger partial charge is 0.229 e. The molecule has 3 aromatic heterocycles. The largest absolute Gasteiger partial charge is 0.393 e. The Morgan fingerprint density at radius 1 is 0.950 bits per heavy atom. The molecule has 5 rings (SSSR count). The number of pyridine rings is 2. The zero-order valence-electron chi connectivity index (χ0n) is 22.1. The number of aliphatic hydroxyl groups is 1. The number of anilines is 3. The molecule has 1 saturated carbocycles. The van der Waals surface area contributed by atoms with Crippen molar-refractivity contribution in [3.63, 3.8) is 0 Å². The van der Waals surface area contributed by atoms with Gasteiger partial charge in [0.2, 0.25) is 5.95 Å². The van der Waals surface area contributed by atoms with Gasteiger partial charge in [0, 0.05) is 41.9 Å². The third-order valence-corrected chi connectivity index (χ3v) is 6.79. The maximum atomic E-state index is 13.4. The minimum absolute atomic E-state index is 0.208. The highest BCUT2D eigenvalue weighted by molar-refractivity contribution is 5.73. The standard InChI is InChI=1S/C31H32FN7O/c32-23-15-17-34-26(18-23)9-5-21-3-7-25(8-4-21)38-31-36-20-28(29-14-6-22(19-35-29)2-1-16-33)30(39-31)37-24-10-12-27(40)13-11-24/h3-4,6-8,14-15,17-20,24,27,40H,1-2,10-13,16,33H2,(H2,36,37,38,39). The summed E-state index contributed by atoms with van der Waals surface area (Å²) >= 11 is 0. The van der Waals surface area contributed by atoms with Crippen LogP contribution in [0.4, 0.5) is 21.8 Å². The van der Waals surface area contributed by atoms with Crippen LogP contribution in [0.25, 0.3) is 11.3 Å². The number of benzene rings is 1. The highest BCUT2D eigenvalue weighted by Crippen LogP contribution is 2.29. The van der Waals surface area contributed by atoms with Crippen molar-refractivity contribution in [1.29, 1.82) is 0 Å². The summed E-state index contributed by atoms with van der Waals surface area (Å²) in [4.78, 5) is 18.1. The highest BCUT2D eigenvalue weighted by Gasteiger charge is 2.21. The van der Waals surface area contributed by atoms with Crippen LogP contribution in [0.2, 0.25) is 0 Å². The first-order chi connectivity index (χ1) is 19.6. The van der Waals surface area contributed by atoms with Crippen molar-refractivity contribution in [2.45, 2.75) is 50.7 Å². The number of nitrogens with two attached hydrogens (primary N) is 1. The van der Waals surface area contributed by atoms with Crippen molar-refractivity contribution in [1.82, 2.24) is 19.9 Å². The third kappa shape index (κ3) is 7.38. The fourth-order valence-corrected chi connectivity index (χ4v) is 4.57. The Morgan fingerprint density at radius 3 is 2.50 bits per heavy atom. The second-order valence-electron chi connectivity index (χ2n) is 9.86. The van der Waals surface area contributed by atoms with E-state index in [0.29, 0.717) is 24.0 Å². The van der Waals surface area contributed by atoms with E-state index >= 15 is 0 Å². The summed E-state index contributed by atoms with van der Waals surface area (Å²) in [5.41, 5.74) is 10.3. The topological polar surface area (TPSA) is 122 Å². The van der Waals surface area contributed by atoms with Crippen LogP contribution in [0.3, 0.4) is 0 Å². The summed E-state index contributed by atoms with van der Waals surface area (Å²) in [6, 6.07) is 14.4. The Kier molecular flexibility index (Phi) is 8.91. The normalized spacial score (nSPS) is 16.6. The predicted octanol–water partition coefficient (Wildman–Crippen LogP) is 4.82. The monoisotopic (exact) mass is 537 g/mol. The van der Waals surface area contributed by atoms with Gasteiger partial charge in [-0.3, -0.25) is 4.98 Å². The van der Waals surface area contributed by atoms with Gasteiger partial charge in [-0.25, -0.2) is 14.4 Å². The molecule has 5 N–H and O–H groups in total. The summed E-state index contributed by atoms with van der Waals surface area (Å²) in [5, 5.41) is 16.8. The second kappa shape index (κ2) is 13.1. The molecule has 0 unspecified atom stereocenters. The SMILES string of the molecule is NCCCc1ccc(-c2cnc(Nc3ccc(C#Cc4cc(F)ccn4)cc3)nc2NC2CCC(O)CC2)nc1. The van der Waals surface area contributed by atoms with Crippen LogP contribution in [-0.2, 0) is 6.42 Å². The van der Waals surface area contributed by atoms with Gasteiger partial charge in [0.25, 0.3) is 0 Å². The molecule has 0 saturated heterocycles. The molecule has 1 aliphatic rings. The molecule has 0 spiro atoms. The van der Waals surface area contributed by atoms with Crippen molar-refractivity contribution >= 4 is 17.5 Å². The first-order valence-electron chi connectivity index (χ1n) is 13.5. The maximum absolute atomic E-state index is 13.4. The Morgan fingerprint density at radius 2 is 1.77 bits per heavy atom. The zero-order valence-corrected chi connectivity index (χ0v) is 22.1. The summed E-state index contributed by atoms with van der Waals surface area (Å²) in [7, 11) is 0. The minimum atomic E-state index is -0.366. The van der Waals surface area contributed by atoms with E-state index in [1.54, 1.807) is 6.20 Å². The van der Waals surface area contributed by atoms with Crippen LogP contribution in [0.15, 0.2) is 67.1 Å². The van der Waals surface area contributed by atoms with Gasteiger partial charge in [0.05, 0.1) is 17.4 Å². The lowest BCUT2D eigenvalue weighted by molar-refractivity contribution is 0.126. The van der Waals surface area contributed by atoms with E-state index < -0.39 is 0 Å².